The first-order chi connectivity index (χ1) is 8.10. The van der Waals surface area contributed by atoms with Gasteiger partial charge >= 0.3 is 5.97 Å². The lowest BCUT2D eigenvalue weighted by atomic mass is 10.3. The summed E-state index contributed by atoms with van der Waals surface area (Å²) in [4.78, 5) is 24.1. The average Bonchev–Trinajstić information content (AvgIpc) is 2.73. The fourth-order valence-electron chi connectivity index (χ4n) is 1.70. The van der Waals surface area contributed by atoms with Gasteiger partial charge in [-0.3, -0.25) is 9.59 Å². The second-order valence-electron chi connectivity index (χ2n) is 3.80. The first-order valence-electron chi connectivity index (χ1n) is 5.76. The maximum Gasteiger partial charge on any atom is 0.323 e. The average molecular weight is 238 g/mol. The molecule has 1 rings (SSSR count). The first-order valence-corrected chi connectivity index (χ1v) is 5.76. The van der Waals surface area contributed by atoms with E-state index in [9.17, 15) is 9.59 Å². The quantitative estimate of drug-likeness (QED) is 0.815. The second-order valence-corrected chi connectivity index (χ2v) is 3.80. The summed E-state index contributed by atoms with van der Waals surface area (Å²) in [7, 11) is 0. The molecule has 5 heteroatoms. The Morgan fingerprint density at radius 2 is 2.12 bits per heavy atom. The molecule has 5 nitrogen and oxygen atoms in total. The molecule has 1 aromatic heterocycles. The number of rotatable bonds is 6. The Hall–Kier alpha value is -1.78. The fraction of sp³-hybridized carbons (Fsp3) is 0.500. The van der Waals surface area contributed by atoms with Crippen LogP contribution < -0.4 is 0 Å². The van der Waals surface area contributed by atoms with Gasteiger partial charge in [0, 0.05) is 19.3 Å². The number of nitrogens with zero attached hydrogens (tertiary/aromatic N) is 2. The molecular formula is C12H18N2O3. The molecule has 0 atom stereocenters. The van der Waals surface area contributed by atoms with E-state index in [0.29, 0.717) is 12.2 Å². The van der Waals surface area contributed by atoms with E-state index in [4.69, 9.17) is 5.11 Å². The SMILES string of the molecule is CCCn1cccc1C(=O)N(CC)CC(=O)O. The number of aromatic nitrogens is 1. The molecule has 0 aliphatic rings. The van der Waals surface area contributed by atoms with E-state index in [-0.39, 0.29) is 12.5 Å². The molecule has 1 heterocycles. The Kier molecular flexibility index (Phi) is 4.75. The Morgan fingerprint density at radius 1 is 1.41 bits per heavy atom. The molecule has 0 radical (unpaired) electrons. The highest BCUT2D eigenvalue weighted by molar-refractivity contribution is 5.94. The zero-order valence-electron chi connectivity index (χ0n) is 10.2. The number of carboxylic acid groups (broad SMARTS) is 1. The molecule has 0 aliphatic heterocycles. The van der Waals surface area contributed by atoms with Crippen molar-refractivity contribution in [3.8, 4) is 0 Å². The largest absolute Gasteiger partial charge is 0.480 e. The van der Waals surface area contributed by atoms with E-state index in [1.54, 1.807) is 19.1 Å². The minimum Gasteiger partial charge on any atom is -0.480 e. The van der Waals surface area contributed by atoms with Crippen molar-refractivity contribution in [3.05, 3.63) is 24.0 Å². The molecule has 0 bridgehead atoms. The second kappa shape index (κ2) is 6.08. The molecule has 0 saturated heterocycles. The van der Waals surface area contributed by atoms with E-state index in [0.717, 1.165) is 13.0 Å². The van der Waals surface area contributed by atoms with Crippen molar-refractivity contribution < 1.29 is 14.7 Å². The van der Waals surface area contributed by atoms with Crippen LogP contribution in [0.15, 0.2) is 18.3 Å². The number of hydrogen-bond donors (Lipinski definition) is 1. The predicted octanol–water partition coefficient (Wildman–Crippen LogP) is 1.44. The van der Waals surface area contributed by atoms with E-state index < -0.39 is 5.97 Å². The van der Waals surface area contributed by atoms with Gasteiger partial charge in [0.1, 0.15) is 12.2 Å². The fourth-order valence-corrected chi connectivity index (χ4v) is 1.70. The van der Waals surface area contributed by atoms with Crippen LogP contribution in [0.1, 0.15) is 30.8 Å². The van der Waals surface area contributed by atoms with Crippen molar-refractivity contribution in [2.24, 2.45) is 0 Å². The van der Waals surface area contributed by atoms with E-state index in [1.807, 2.05) is 17.7 Å². The van der Waals surface area contributed by atoms with Crippen molar-refractivity contribution in [2.45, 2.75) is 26.8 Å². The Labute approximate surface area is 101 Å². The van der Waals surface area contributed by atoms with Gasteiger partial charge in [-0.05, 0) is 25.5 Å². The highest BCUT2D eigenvalue weighted by Crippen LogP contribution is 2.07. The maximum absolute atomic E-state index is 12.1. The van der Waals surface area contributed by atoms with Gasteiger partial charge in [-0.1, -0.05) is 6.92 Å². The van der Waals surface area contributed by atoms with Crippen LogP contribution in [0.5, 0.6) is 0 Å². The number of amides is 1. The van der Waals surface area contributed by atoms with Crippen molar-refractivity contribution in [1.29, 1.82) is 0 Å². The van der Waals surface area contributed by atoms with E-state index in [1.165, 1.54) is 4.90 Å². The Morgan fingerprint density at radius 3 is 2.65 bits per heavy atom. The van der Waals surface area contributed by atoms with Gasteiger partial charge in [-0.15, -0.1) is 0 Å². The number of aryl methyl sites for hydroxylation is 1. The number of hydrogen-bond acceptors (Lipinski definition) is 2. The molecule has 0 unspecified atom stereocenters. The van der Waals surface area contributed by atoms with E-state index >= 15 is 0 Å². The van der Waals surface area contributed by atoms with Crippen LogP contribution in [0.25, 0.3) is 0 Å². The van der Waals surface area contributed by atoms with Gasteiger partial charge in [0.2, 0.25) is 0 Å². The number of carbonyl (C=O) groups excluding carboxylic acids is 1. The van der Waals surface area contributed by atoms with Crippen LogP contribution in [-0.4, -0.2) is 39.5 Å². The summed E-state index contributed by atoms with van der Waals surface area (Å²) in [6, 6.07) is 3.53. The molecular weight excluding hydrogens is 220 g/mol. The summed E-state index contributed by atoms with van der Waals surface area (Å²) < 4.78 is 1.85. The molecule has 1 aromatic rings. The van der Waals surface area contributed by atoms with Crippen LogP contribution in [0.2, 0.25) is 0 Å². The van der Waals surface area contributed by atoms with Gasteiger partial charge in [-0.2, -0.15) is 0 Å². The normalized spacial score (nSPS) is 10.2. The predicted molar refractivity (Wildman–Crippen MR) is 63.9 cm³/mol. The van der Waals surface area contributed by atoms with Crippen molar-refractivity contribution in [2.75, 3.05) is 13.1 Å². The van der Waals surface area contributed by atoms with E-state index in [2.05, 4.69) is 0 Å². The van der Waals surface area contributed by atoms with Crippen molar-refractivity contribution in [1.82, 2.24) is 9.47 Å². The summed E-state index contributed by atoms with van der Waals surface area (Å²) >= 11 is 0. The molecule has 0 aromatic carbocycles. The molecule has 1 amide bonds. The van der Waals surface area contributed by atoms with Crippen LogP contribution in [0, 0.1) is 0 Å². The van der Waals surface area contributed by atoms with Gasteiger partial charge < -0.3 is 14.6 Å². The third-order valence-electron chi connectivity index (χ3n) is 2.51. The lowest BCUT2D eigenvalue weighted by molar-refractivity contribution is -0.137. The third-order valence-corrected chi connectivity index (χ3v) is 2.51. The number of carboxylic acids is 1. The Balaban J connectivity index is 2.85. The molecule has 0 spiro atoms. The minimum absolute atomic E-state index is 0.228. The summed E-state index contributed by atoms with van der Waals surface area (Å²) in [6.45, 7) is 4.70. The van der Waals surface area contributed by atoms with Crippen LogP contribution >= 0.6 is 0 Å². The highest BCUT2D eigenvalue weighted by Gasteiger charge is 2.19. The van der Waals surface area contributed by atoms with Gasteiger partial charge in [-0.25, -0.2) is 0 Å². The number of aliphatic carboxylic acids is 1. The highest BCUT2D eigenvalue weighted by atomic mass is 16.4. The van der Waals surface area contributed by atoms with Crippen LogP contribution in [0.4, 0.5) is 0 Å². The molecule has 0 saturated carbocycles. The lowest BCUT2D eigenvalue weighted by Crippen LogP contribution is -2.36. The Bertz CT molecular complexity index is 398. The number of carbonyl (C=O) groups is 2. The standard InChI is InChI=1S/C12H18N2O3/c1-3-7-14-8-5-6-10(14)12(17)13(4-2)9-11(15)16/h5-6,8H,3-4,7,9H2,1-2H3,(H,15,16). The molecule has 1 N–H and O–H groups in total. The van der Waals surface area contributed by atoms with Crippen LogP contribution in [0.3, 0.4) is 0 Å². The summed E-state index contributed by atoms with van der Waals surface area (Å²) in [6.07, 6.45) is 2.77. The minimum atomic E-state index is -0.992. The monoisotopic (exact) mass is 238 g/mol. The molecule has 17 heavy (non-hydrogen) atoms. The van der Waals surface area contributed by atoms with Gasteiger partial charge in [0.05, 0.1) is 0 Å². The maximum atomic E-state index is 12.1. The smallest absolute Gasteiger partial charge is 0.323 e. The number of likely N-dealkylation sites (N-methyl/N-ethyl adjacent to an activating group) is 1. The zero-order valence-corrected chi connectivity index (χ0v) is 10.2. The van der Waals surface area contributed by atoms with Crippen molar-refractivity contribution in [3.63, 3.8) is 0 Å². The van der Waals surface area contributed by atoms with Gasteiger partial charge in [0.25, 0.3) is 5.91 Å². The van der Waals surface area contributed by atoms with Crippen molar-refractivity contribution >= 4 is 11.9 Å². The summed E-state index contributed by atoms with van der Waals surface area (Å²) in [5, 5.41) is 8.73. The molecule has 94 valence electrons. The summed E-state index contributed by atoms with van der Waals surface area (Å²) in [5.41, 5.74) is 0.551. The molecule has 0 fully saturated rings. The topological polar surface area (TPSA) is 62.5 Å². The zero-order chi connectivity index (χ0) is 12.8. The van der Waals surface area contributed by atoms with Gasteiger partial charge in [0.15, 0.2) is 0 Å². The van der Waals surface area contributed by atoms with Crippen LogP contribution in [-0.2, 0) is 11.3 Å². The third kappa shape index (κ3) is 3.34. The first kappa shape index (κ1) is 13.3. The molecule has 0 aliphatic carbocycles. The lowest BCUT2D eigenvalue weighted by Gasteiger charge is -2.19. The summed E-state index contributed by atoms with van der Waals surface area (Å²) in [5.74, 6) is -1.22.